The lowest BCUT2D eigenvalue weighted by molar-refractivity contribution is -0.142. The van der Waals surface area contributed by atoms with Crippen molar-refractivity contribution in [1.82, 2.24) is 26.6 Å². The van der Waals surface area contributed by atoms with Gasteiger partial charge in [0, 0.05) is 6.42 Å². The Hall–Kier alpha value is -4.95. The summed E-state index contributed by atoms with van der Waals surface area (Å²) in [4.78, 5) is 98.1. The largest absolute Gasteiger partial charge is 0.524 e. The second kappa shape index (κ2) is 26.4. The van der Waals surface area contributed by atoms with Crippen LogP contribution in [0.4, 0.5) is 0 Å². The number of amides is 5. The fourth-order valence-electron chi connectivity index (χ4n) is 6.19. The van der Waals surface area contributed by atoms with Gasteiger partial charge in [-0.2, -0.15) is 0 Å². The van der Waals surface area contributed by atoms with Crippen LogP contribution < -0.4 is 48.3 Å². The second-order valence-electron chi connectivity index (χ2n) is 15.2. The number of carbonyl (C=O) groups excluding carboxylic acids is 5. The van der Waals surface area contributed by atoms with Crippen LogP contribution in [0, 0.1) is 5.92 Å². The van der Waals surface area contributed by atoms with Crippen LogP contribution >= 0.6 is 7.82 Å². The smallest absolute Gasteiger partial charge is 0.480 e. The maximum Gasteiger partial charge on any atom is 0.524 e. The van der Waals surface area contributed by atoms with Crippen molar-refractivity contribution in [1.29, 1.82) is 0 Å². The van der Waals surface area contributed by atoms with Crippen molar-refractivity contribution in [3.63, 3.8) is 0 Å². The van der Waals surface area contributed by atoms with Crippen molar-refractivity contribution in [3.05, 3.63) is 65.7 Å². The van der Waals surface area contributed by atoms with E-state index in [-0.39, 0.29) is 50.3 Å². The Bertz CT molecular complexity index is 1760. The van der Waals surface area contributed by atoms with Gasteiger partial charge < -0.3 is 58.5 Å². The molecule has 0 bridgehead atoms. The first-order valence-corrected chi connectivity index (χ1v) is 21.7. The third kappa shape index (κ3) is 20.0. The van der Waals surface area contributed by atoms with Crippen LogP contribution in [0.2, 0.25) is 0 Å². The maximum absolute atomic E-state index is 13.8. The summed E-state index contributed by atoms with van der Waals surface area (Å²) in [6.45, 7) is 5.46. The van der Waals surface area contributed by atoms with Gasteiger partial charge in [-0.1, -0.05) is 56.3 Å². The zero-order valence-corrected chi connectivity index (χ0v) is 35.7. The van der Waals surface area contributed by atoms with Crippen molar-refractivity contribution in [2.45, 2.75) is 121 Å². The van der Waals surface area contributed by atoms with Gasteiger partial charge in [-0.25, -0.2) is 9.36 Å². The fraction of sp³-hybridized carbons (Fsp3) is 0.550. The van der Waals surface area contributed by atoms with Gasteiger partial charge in [-0.05, 0) is 101 Å². The van der Waals surface area contributed by atoms with E-state index in [1.807, 2.05) is 13.8 Å². The first-order chi connectivity index (χ1) is 28.7. The molecule has 2 aromatic rings. The Morgan fingerprint density at radius 1 is 0.639 bits per heavy atom. The van der Waals surface area contributed by atoms with Crippen molar-refractivity contribution in [2.75, 3.05) is 13.1 Å². The number of rotatable bonds is 28. The van der Waals surface area contributed by atoms with E-state index < -0.39 is 85.7 Å². The molecule has 0 aromatic heterocycles. The highest BCUT2D eigenvalue weighted by Crippen LogP contribution is 2.37. The third-order valence-corrected chi connectivity index (χ3v) is 9.85. The van der Waals surface area contributed by atoms with E-state index in [1.165, 1.54) is 31.2 Å². The maximum atomic E-state index is 13.8. The Morgan fingerprint density at radius 2 is 1.11 bits per heavy atom. The lowest BCUT2D eigenvalue weighted by atomic mass is 10.00. The van der Waals surface area contributed by atoms with E-state index in [9.17, 15) is 43.5 Å². The van der Waals surface area contributed by atoms with Crippen LogP contribution in [-0.2, 0) is 46.2 Å². The lowest BCUT2D eigenvalue weighted by Crippen LogP contribution is -2.61. The summed E-state index contributed by atoms with van der Waals surface area (Å²) in [5.41, 5.74) is 18.7. The molecule has 61 heavy (non-hydrogen) atoms. The third-order valence-electron chi connectivity index (χ3n) is 9.40. The van der Waals surface area contributed by atoms with Gasteiger partial charge in [0.2, 0.25) is 29.5 Å². The van der Waals surface area contributed by atoms with Gasteiger partial charge in [0.1, 0.15) is 36.0 Å². The topological polar surface area (TPSA) is 348 Å². The fourth-order valence-corrected chi connectivity index (χ4v) is 6.59. The molecule has 0 aliphatic carbocycles. The summed E-state index contributed by atoms with van der Waals surface area (Å²) < 4.78 is 15.7. The highest BCUT2D eigenvalue weighted by Gasteiger charge is 2.34. The molecule has 0 fully saturated rings. The molecule has 7 atom stereocenters. The number of nitrogens with two attached hydrogens (primary N) is 3. The number of nitrogens with one attached hydrogen (secondary N) is 5. The van der Waals surface area contributed by atoms with Gasteiger partial charge in [-0.3, -0.25) is 33.8 Å². The summed E-state index contributed by atoms with van der Waals surface area (Å²) in [5.74, 6) is -5.49. The Labute approximate surface area is 355 Å². The number of hydrogen-bond donors (Lipinski definition) is 12. The predicted octanol–water partition coefficient (Wildman–Crippen LogP) is -0.536. The van der Waals surface area contributed by atoms with Crippen molar-refractivity contribution in [2.24, 2.45) is 23.1 Å². The summed E-state index contributed by atoms with van der Waals surface area (Å²) in [7, 11) is -4.77. The first kappa shape index (κ1) is 52.2. The number of aliphatic carboxylic acids is 1. The van der Waals surface area contributed by atoms with Crippen molar-refractivity contribution < 1.29 is 57.9 Å². The molecular weight excluding hydrogens is 815 g/mol. The van der Waals surface area contributed by atoms with Gasteiger partial charge in [0.25, 0.3) is 0 Å². The Balaban J connectivity index is 2.23. The summed E-state index contributed by atoms with van der Waals surface area (Å²) >= 11 is 0. The van der Waals surface area contributed by atoms with E-state index in [0.717, 1.165) is 0 Å². The quantitative estimate of drug-likeness (QED) is 0.0377. The molecular formula is C40H63N8O12P. The average Bonchev–Trinajstić information content (AvgIpc) is 3.18. The number of carboxylic acid groups (broad SMARTS) is 1. The molecule has 20 nitrogen and oxygen atoms in total. The minimum atomic E-state index is -4.77. The number of hydrogen-bond acceptors (Lipinski definition) is 12. The molecule has 0 aliphatic rings. The summed E-state index contributed by atoms with van der Waals surface area (Å²) in [5, 5.41) is 33.4. The van der Waals surface area contributed by atoms with Crippen molar-refractivity contribution >= 4 is 43.3 Å². The zero-order valence-electron chi connectivity index (χ0n) is 34.8. The van der Waals surface area contributed by atoms with Crippen LogP contribution in [0.15, 0.2) is 54.6 Å². The number of carbonyl (C=O) groups is 6. The number of aliphatic hydroxyl groups excluding tert-OH is 1. The number of aliphatic hydroxyl groups is 1. The molecule has 0 saturated carbocycles. The van der Waals surface area contributed by atoms with Crippen LogP contribution in [0.1, 0.15) is 76.8 Å². The highest BCUT2D eigenvalue weighted by molar-refractivity contribution is 7.46. The van der Waals surface area contributed by atoms with Gasteiger partial charge in [0.15, 0.2) is 0 Å². The second-order valence-corrected chi connectivity index (χ2v) is 16.4. The van der Waals surface area contributed by atoms with E-state index in [0.29, 0.717) is 43.4 Å². The molecule has 0 heterocycles. The van der Waals surface area contributed by atoms with Crippen LogP contribution in [0.3, 0.4) is 0 Å². The van der Waals surface area contributed by atoms with E-state index >= 15 is 0 Å². The van der Waals surface area contributed by atoms with Crippen LogP contribution in [-0.4, -0.2) is 111 Å². The van der Waals surface area contributed by atoms with E-state index in [1.54, 1.807) is 30.3 Å². The van der Waals surface area contributed by atoms with Crippen LogP contribution in [0.5, 0.6) is 5.75 Å². The standard InChI is InChI=1S/C40H63N8O12P/c1-24(2)21-32(46-35(50)29(43)22-27-15-17-28(18-16-27)60-61(57,58)59)38(53)44-31(14-8-10-20-42)37(52)48-34(25(3)49)39(54)45-30(13-7-9-19-41)36(51)47-33(40(55)56)23-26-11-5-4-6-12-26/h4-6,11-12,15-18,24-25,29-34,49H,7-10,13-14,19-23,41-43H2,1-3H3,(H,44,53)(H,45,54)(H,46,50)(H,47,51)(H,48,52)(H,55,56)(H2,57,58,59)/t25-,29+,30+,31+,32+,33+,34+/m1/s1. The van der Waals surface area contributed by atoms with Crippen LogP contribution in [0.25, 0.3) is 0 Å². The minimum Gasteiger partial charge on any atom is -0.480 e. The normalized spacial score (nSPS) is 14.9. The average molecular weight is 879 g/mol. The molecule has 5 amide bonds. The summed E-state index contributed by atoms with van der Waals surface area (Å²) in [6, 6.07) is 6.43. The number of phosphoric ester groups is 1. The Morgan fingerprint density at radius 3 is 1.61 bits per heavy atom. The number of benzene rings is 2. The molecule has 0 aliphatic heterocycles. The van der Waals surface area contributed by atoms with E-state index in [2.05, 4.69) is 31.1 Å². The molecule has 2 aromatic carbocycles. The molecule has 0 unspecified atom stereocenters. The molecule has 0 saturated heterocycles. The SMILES string of the molecule is CC(C)C[C@H](NC(=O)[C@@H](N)Cc1ccc(OP(=O)(O)O)cc1)C(=O)N[C@@H](CCCCN)C(=O)N[C@H](C(=O)N[C@@H](CCCCN)C(=O)N[C@@H](Cc1ccccc1)C(=O)O)[C@@H](C)O. The zero-order chi connectivity index (χ0) is 45.7. The van der Waals surface area contributed by atoms with E-state index in [4.69, 9.17) is 27.0 Å². The summed E-state index contributed by atoms with van der Waals surface area (Å²) in [6.07, 6.45) is 0.485. The molecule has 0 spiro atoms. The molecule has 0 radical (unpaired) electrons. The number of unbranched alkanes of at least 4 members (excludes halogenated alkanes) is 2. The molecule has 340 valence electrons. The Kier molecular flexibility index (Phi) is 22.6. The molecule has 21 heteroatoms. The highest BCUT2D eigenvalue weighted by atomic mass is 31.2. The monoisotopic (exact) mass is 878 g/mol. The van der Waals surface area contributed by atoms with Gasteiger partial charge in [-0.15, -0.1) is 0 Å². The lowest BCUT2D eigenvalue weighted by Gasteiger charge is -2.28. The number of phosphoric acid groups is 1. The number of carboxylic acids is 1. The molecule has 15 N–H and O–H groups in total. The van der Waals surface area contributed by atoms with Crippen molar-refractivity contribution in [3.8, 4) is 5.75 Å². The minimum absolute atomic E-state index is 0.00563. The van der Waals surface area contributed by atoms with Gasteiger partial charge in [0.05, 0.1) is 12.1 Å². The predicted molar refractivity (Wildman–Crippen MR) is 225 cm³/mol. The van der Waals surface area contributed by atoms with Gasteiger partial charge >= 0.3 is 13.8 Å². The molecule has 2 rings (SSSR count). The first-order valence-electron chi connectivity index (χ1n) is 20.2.